The van der Waals surface area contributed by atoms with Crippen LogP contribution in [0.1, 0.15) is 15.9 Å². The fraction of sp³-hybridized carbons (Fsp3) is 0.0714. The Labute approximate surface area is 124 Å². The third kappa shape index (κ3) is 3.76. The molecule has 0 fully saturated rings. The highest BCUT2D eigenvalue weighted by molar-refractivity contribution is 6.30. The Kier molecular flexibility index (Phi) is 4.49. The largest absolute Gasteiger partial charge is 0.457 e. The summed E-state index contributed by atoms with van der Waals surface area (Å²) in [6, 6.07) is 9.52. The topological polar surface area (TPSA) is 69.4 Å². The predicted molar refractivity (Wildman–Crippen MR) is 73.6 cm³/mol. The summed E-state index contributed by atoms with van der Waals surface area (Å²) in [7, 11) is 0. The van der Waals surface area contributed by atoms with Crippen LogP contribution in [-0.2, 0) is 11.3 Å². The number of nitrogens with zero attached hydrogens (tertiary/aromatic N) is 1. The summed E-state index contributed by atoms with van der Waals surface area (Å²) in [6.45, 7) is -0.00535. The number of ether oxygens (including phenoxy) is 1. The van der Waals surface area contributed by atoms with Gasteiger partial charge in [0, 0.05) is 11.1 Å². The van der Waals surface area contributed by atoms with Gasteiger partial charge in [0.05, 0.1) is 10.5 Å². The van der Waals surface area contributed by atoms with E-state index in [-0.39, 0.29) is 12.2 Å². The smallest absolute Gasteiger partial charge is 0.338 e. The molecule has 0 aliphatic heterocycles. The van der Waals surface area contributed by atoms with Crippen molar-refractivity contribution in [3.63, 3.8) is 0 Å². The molecule has 0 atom stereocenters. The summed E-state index contributed by atoms with van der Waals surface area (Å²) in [5.41, 5.74) is -0.0635. The molecule has 0 aliphatic carbocycles. The van der Waals surface area contributed by atoms with Crippen molar-refractivity contribution >= 4 is 23.3 Å². The highest BCUT2D eigenvalue weighted by atomic mass is 35.5. The van der Waals surface area contributed by atoms with Crippen LogP contribution in [0.25, 0.3) is 0 Å². The lowest BCUT2D eigenvalue weighted by molar-refractivity contribution is -0.387. The second-order valence-corrected chi connectivity index (χ2v) is 4.56. The molecule has 0 N–H and O–H groups in total. The lowest BCUT2D eigenvalue weighted by Gasteiger charge is -2.05. The van der Waals surface area contributed by atoms with Gasteiger partial charge in [0.1, 0.15) is 6.61 Å². The van der Waals surface area contributed by atoms with Gasteiger partial charge >= 0.3 is 11.7 Å². The molecular weight excluding hydrogens is 301 g/mol. The SMILES string of the molecule is O=C(OCc1ccc(Cl)cc1)c1ccc([N+](=O)[O-])c(F)c1. The maximum absolute atomic E-state index is 13.4. The van der Waals surface area contributed by atoms with Crippen molar-refractivity contribution in [1.29, 1.82) is 0 Å². The Morgan fingerprint density at radius 1 is 1.24 bits per heavy atom. The number of hydrogen-bond donors (Lipinski definition) is 0. The first-order chi connectivity index (χ1) is 9.97. The highest BCUT2D eigenvalue weighted by Crippen LogP contribution is 2.19. The average molecular weight is 310 g/mol. The minimum Gasteiger partial charge on any atom is -0.457 e. The quantitative estimate of drug-likeness (QED) is 0.490. The van der Waals surface area contributed by atoms with Crippen molar-refractivity contribution in [3.05, 3.63) is 74.5 Å². The molecule has 0 spiro atoms. The van der Waals surface area contributed by atoms with Crippen LogP contribution < -0.4 is 0 Å². The Morgan fingerprint density at radius 3 is 2.48 bits per heavy atom. The van der Waals surface area contributed by atoms with E-state index in [0.717, 1.165) is 23.8 Å². The summed E-state index contributed by atoms with van der Waals surface area (Å²) in [5.74, 6) is -1.85. The molecule has 21 heavy (non-hydrogen) atoms. The van der Waals surface area contributed by atoms with Crippen molar-refractivity contribution in [2.75, 3.05) is 0 Å². The standard InChI is InChI=1S/C14H9ClFNO4/c15-11-4-1-9(2-5-11)8-21-14(18)10-3-6-13(17(19)20)12(16)7-10/h1-7H,8H2. The molecule has 0 amide bonds. The van der Waals surface area contributed by atoms with Gasteiger partial charge in [-0.15, -0.1) is 0 Å². The summed E-state index contributed by atoms with van der Waals surface area (Å²) >= 11 is 5.72. The average Bonchev–Trinajstić information content (AvgIpc) is 2.45. The minimum absolute atomic E-state index is 0.00535. The van der Waals surface area contributed by atoms with E-state index < -0.39 is 22.4 Å². The van der Waals surface area contributed by atoms with Crippen LogP contribution in [0.4, 0.5) is 10.1 Å². The number of hydrogen-bond acceptors (Lipinski definition) is 4. The normalized spacial score (nSPS) is 10.2. The number of benzene rings is 2. The molecule has 0 aromatic heterocycles. The van der Waals surface area contributed by atoms with E-state index in [0.29, 0.717) is 5.02 Å². The molecular formula is C14H9ClFNO4. The van der Waals surface area contributed by atoms with Crippen LogP contribution in [0.3, 0.4) is 0 Å². The van der Waals surface area contributed by atoms with Crippen LogP contribution in [-0.4, -0.2) is 10.9 Å². The van der Waals surface area contributed by atoms with Crippen LogP contribution in [0, 0.1) is 15.9 Å². The molecule has 0 saturated carbocycles. The number of carbonyl (C=O) groups excluding carboxylic acids is 1. The van der Waals surface area contributed by atoms with E-state index in [2.05, 4.69) is 0 Å². The van der Waals surface area contributed by atoms with E-state index in [1.807, 2.05) is 0 Å². The lowest BCUT2D eigenvalue weighted by atomic mass is 10.2. The van der Waals surface area contributed by atoms with Crippen molar-refractivity contribution in [3.8, 4) is 0 Å². The highest BCUT2D eigenvalue weighted by Gasteiger charge is 2.17. The van der Waals surface area contributed by atoms with E-state index in [1.165, 1.54) is 0 Å². The summed E-state index contributed by atoms with van der Waals surface area (Å²) in [5, 5.41) is 11.0. The van der Waals surface area contributed by atoms with E-state index in [1.54, 1.807) is 24.3 Å². The molecule has 5 nitrogen and oxygen atoms in total. The molecule has 7 heteroatoms. The second kappa shape index (κ2) is 6.32. The molecule has 0 saturated heterocycles. The molecule has 2 aromatic rings. The lowest BCUT2D eigenvalue weighted by Crippen LogP contribution is -2.06. The summed E-state index contributed by atoms with van der Waals surface area (Å²) in [6.07, 6.45) is 0. The first-order valence-electron chi connectivity index (χ1n) is 5.83. The number of esters is 1. The third-order valence-corrected chi connectivity index (χ3v) is 2.92. The zero-order valence-electron chi connectivity index (χ0n) is 10.6. The fourth-order valence-electron chi connectivity index (χ4n) is 1.59. The fourth-order valence-corrected chi connectivity index (χ4v) is 1.72. The van der Waals surface area contributed by atoms with Gasteiger partial charge in [0.15, 0.2) is 0 Å². The first-order valence-corrected chi connectivity index (χ1v) is 6.20. The number of nitro benzene ring substituents is 1. The third-order valence-electron chi connectivity index (χ3n) is 2.66. The first kappa shape index (κ1) is 14.9. The van der Waals surface area contributed by atoms with Crippen molar-refractivity contribution in [1.82, 2.24) is 0 Å². The minimum atomic E-state index is -1.08. The van der Waals surface area contributed by atoms with Crippen LogP contribution in [0.5, 0.6) is 0 Å². The summed E-state index contributed by atoms with van der Waals surface area (Å²) in [4.78, 5) is 21.4. The molecule has 0 aliphatic rings. The van der Waals surface area contributed by atoms with Crippen LogP contribution in [0.2, 0.25) is 5.02 Å². The Balaban J connectivity index is 2.05. The van der Waals surface area contributed by atoms with Gasteiger partial charge in [-0.1, -0.05) is 23.7 Å². The van der Waals surface area contributed by atoms with Crippen LogP contribution in [0.15, 0.2) is 42.5 Å². The van der Waals surface area contributed by atoms with E-state index >= 15 is 0 Å². The van der Waals surface area contributed by atoms with Gasteiger partial charge in [0.25, 0.3) is 0 Å². The molecule has 108 valence electrons. The summed E-state index contributed by atoms with van der Waals surface area (Å²) < 4.78 is 18.4. The van der Waals surface area contributed by atoms with Gasteiger partial charge in [-0.25, -0.2) is 4.79 Å². The number of halogens is 2. The second-order valence-electron chi connectivity index (χ2n) is 4.13. The number of nitro groups is 1. The predicted octanol–water partition coefficient (Wildman–Crippen LogP) is 3.74. The van der Waals surface area contributed by atoms with E-state index in [9.17, 15) is 19.3 Å². The maximum Gasteiger partial charge on any atom is 0.338 e. The monoisotopic (exact) mass is 309 g/mol. The van der Waals surface area contributed by atoms with E-state index in [4.69, 9.17) is 16.3 Å². The molecule has 2 aromatic carbocycles. The van der Waals surface area contributed by atoms with Crippen LogP contribution >= 0.6 is 11.6 Å². The maximum atomic E-state index is 13.4. The van der Waals surface area contributed by atoms with Gasteiger partial charge < -0.3 is 4.74 Å². The Hall–Kier alpha value is -2.47. The zero-order valence-corrected chi connectivity index (χ0v) is 11.3. The zero-order chi connectivity index (χ0) is 15.4. The number of carbonyl (C=O) groups is 1. The molecule has 0 unspecified atom stereocenters. The Bertz CT molecular complexity index is 688. The Morgan fingerprint density at radius 2 is 1.90 bits per heavy atom. The molecule has 2 rings (SSSR count). The van der Waals surface area contributed by atoms with Gasteiger partial charge in [-0.3, -0.25) is 10.1 Å². The number of rotatable bonds is 4. The van der Waals surface area contributed by atoms with Crippen molar-refractivity contribution < 1.29 is 18.8 Å². The molecule has 0 heterocycles. The molecule has 0 bridgehead atoms. The van der Waals surface area contributed by atoms with Crippen molar-refractivity contribution in [2.24, 2.45) is 0 Å². The van der Waals surface area contributed by atoms with Crippen molar-refractivity contribution in [2.45, 2.75) is 6.61 Å². The van der Waals surface area contributed by atoms with Gasteiger partial charge in [-0.05, 0) is 29.8 Å². The van der Waals surface area contributed by atoms with Gasteiger partial charge in [-0.2, -0.15) is 4.39 Å². The van der Waals surface area contributed by atoms with Gasteiger partial charge in [0.2, 0.25) is 5.82 Å². The molecule has 0 radical (unpaired) electrons.